The molecule has 0 fully saturated rings. The van der Waals surface area contributed by atoms with Crippen LogP contribution in [0.25, 0.3) is 0 Å². The van der Waals surface area contributed by atoms with Crippen molar-refractivity contribution < 1.29 is 23.8 Å². The molecule has 140 valence electrons. The van der Waals surface area contributed by atoms with E-state index >= 15 is 0 Å². The highest BCUT2D eigenvalue weighted by Crippen LogP contribution is 2.31. The second kappa shape index (κ2) is 12.1. The van der Waals surface area contributed by atoms with E-state index in [4.69, 9.17) is 37.4 Å². The van der Waals surface area contributed by atoms with Crippen molar-refractivity contribution >= 4 is 35.1 Å². The molecule has 1 rings (SSSR count). The van der Waals surface area contributed by atoms with Crippen molar-refractivity contribution in [1.29, 1.82) is 0 Å². The molecule has 0 aliphatic carbocycles. The van der Waals surface area contributed by atoms with Gasteiger partial charge in [0.25, 0.3) is 0 Å². The van der Waals surface area contributed by atoms with Crippen molar-refractivity contribution in [3.63, 3.8) is 0 Å². The molecule has 0 spiro atoms. The number of halogens is 2. The van der Waals surface area contributed by atoms with Crippen molar-refractivity contribution in [1.82, 2.24) is 0 Å². The first-order chi connectivity index (χ1) is 11.9. The smallest absolute Gasteiger partial charge is 0.311 e. The Labute approximate surface area is 158 Å². The quantitative estimate of drug-likeness (QED) is 0.405. The zero-order chi connectivity index (χ0) is 18.7. The summed E-state index contributed by atoms with van der Waals surface area (Å²) in [5.41, 5.74) is 0. The standard InChI is InChI=1S/C18H24Cl2O5/c1-13(9-11-23-2)10-12-24-16(21)7-4-8-17(22)25-15-6-3-5-14(19)18(15)20/h3,5-6,13H,4,7-12H2,1-2H3. The van der Waals surface area contributed by atoms with Crippen LogP contribution < -0.4 is 4.74 Å². The van der Waals surface area contributed by atoms with Crippen LogP contribution in [-0.4, -0.2) is 32.3 Å². The summed E-state index contributed by atoms with van der Waals surface area (Å²) in [6.07, 6.45) is 2.36. The van der Waals surface area contributed by atoms with Gasteiger partial charge in [0.2, 0.25) is 0 Å². The molecular formula is C18H24Cl2O5. The monoisotopic (exact) mass is 390 g/mol. The van der Waals surface area contributed by atoms with Crippen LogP contribution in [0.15, 0.2) is 18.2 Å². The summed E-state index contributed by atoms with van der Waals surface area (Å²) >= 11 is 11.8. The molecule has 1 aromatic carbocycles. The molecule has 0 saturated heterocycles. The van der Waals surface area contributed by atoms with Gasteiger partial charge in [-0.25, -0.2) is 0 Å². The Morgan fingerprint density at radius 1 is 1.08 bits per heavy atom. The minimum absolute atomic E-state index is 0.0994. The van der Waals surface area contributed by atoms with Gasteiger partial charge in [0.1, 0.15) is 5.02 Å². The number of carbonyl (C=O) groups is 2. The van der Waals surface area contributed by atoms with Crippen molar-refractivity contribution in [2.45, 2.75) is 39.0 Å². The number of rotatable bonds is 11. The fourth-order valence-corrected chi connectivity index (χ4v) is 2.35. The Bertz CT molecular complexity index is 562. The molecule has 0 bridgehead atoms. The van der Waals surface area contributed by atoms with Crippen LogP contribution in [0.5, 0.6) is 5.75 Å². The fraction of sp³-hybridized carbons (Fsp3) is 0.556. The lowest BCUT2D eigenvalue weighted by Crippen LogP contribution is -2.12. The Balaban J connectivity index is 2.18. The number of esters is 2. The van der Waals surface area contributed by atoms with Gasteiger partial charge in [0.05, 0.1) is 11.6 Å². The third kappa shape index (κ3) is 9.10. The molecule has 0 aliphatic rings. The lowest BCUT2D eigenvalue weighted by atomic mass is 10.1. The maximum atomic E-state index is 11.8. The summed E-state index contributed by atoms with van der Waals surface area (Å²) in [5.74, 6) is -0.130. The van der Waals surface area contributed by atoms with Gasteiger partial charge >= 0.3 is 11.9 Å². The first-order valence-electron chi connectivity index (χ1n) is 8.23. The lowest BCUT2D eigenvalue weighted by Gasteiger charge is -2.11. The maximum absolute atomic E-state index is 11.8. The summed E-state index contributed by atoms with van der Waals surface area (Å²) in [7, 11) is 1.66. The minimum atomic E-state index is -0.467. The largest absolute Gasteiger partial charge is 0.466 e. The average Bonchev–Trinajstić information content (AvgIpc) is 2.57. The summed E-state index contributed by atoms with van der Waals surface area (Å²) in [6, 6.07) is 4.81. The third-order valence-electron chi connectivity index (χ3n) is 3.59. The summed E-state index contributed by atoms with van der Waals surface area (Å²) in [5, 5.41) is 0.509. The molecular weight excluding hydrogens is 367 g/mol. The number of hydrogen-bond acceptors (Lipinski definition) is 5. The predicted molar refractivity (Wildman–Crippen MR) is 97.2 cm³/mol. The van der Waals surface area contributed by atoms with Crippen LogP contribution in [-0.2, 0) is 19.1 Å². The third-order valence-corrected chi connectivity index (χ3v) is 4.39. The van der Waals surface area contributed by atoms with Gasteiger partial charge in [0, 0.05) is 26.6 Å². The zero-order valence-electron chi connectivity index (χ0n) is 14.6. The van der Waals surface area contributed by atoms with Crippen molar-refractivity contribution in [3.05, 3.63) is 28.2 Å². The molecule has 0 heterocycles. The van der Waals surface area contributed by atoms with Crippen LogP contribution in [0.2, 0.25) is 10.0 Å². The highest BCUT2D eigenvalue weighted by Gasteiger charge is 2.12. The topological polar surface area (TPSA) is 61.8 Å². The van der Waals surface area contributed by atoms with Crippen molar-refractivity contribution in [2.75, 3.05) is 20.3 Å². The van der Waals surface area contributed by atoms with Gasteiger partial charge < -0.3 is 14.2 Å². The first kappa shape index (κ1) is 21.7. The van der Waals surface area contributed by atoms with E-state index in [1.807, 2.05) is 0 Å². The SMILES string of the molecule is COCCC(C)CCOC(=O)CCCC(=O)Oc1cccc(Cl)c1Cl. The minimum Gasteiger partial charge on any atom is -0.466 e. The van der Waals surface area contributed by atoms with E-state index in [2.05, 4.69) is 6.92 Å². The number of carbonyl (C=O) groups excluding carboxylic acids is 2. The summed E-state index contributed by atoms with van der Waals surface area (Å²) in [6.45, 7) is 3.17. The van der Waals surface area contributed by atoms with Crippen molar-refractivity contribution in [3.8, 4) is 5.75 Å². The molecule has 0 aromatic heterocycles. The molecule has 1 unspecified atom stereocenters. The molecule has 7 heteroatoms. The van der Waals surface area contributed by atoms with Gasteiger partial charge in [-0.3, -0.25) is 9.59 Å². The molecule has 25 heavy (non-hydrogen) atoms. The van der Waals surface area contributed by atoms with Crippen LogP contribution in [0, 0.1) is 5.92 Å². The Kier molecular flexibility index (Phi) is 10.5. The molecule has 5 nitrogen and oxygen atoms in total. The normalized spacial score (nSPS) is 11.8. The summed E-state index contributed by atoms with van der Waals surface area (Å²) in [4.78, 5) is 23.4. The number of methoxy groups -OCH3 is 1. The second-order valence-corrected chi connectivity index (χ2v) is 6.56. The molecule has 0 saturated carbocycles. The number of benzene rings is 1. The van der Waals surface area contributed by atoms with E-state index in [-0.39, 0.29) is 29.6 Å². The van der Waals surface area contributed by atoms with Crippen LogP contribution in [0.3, 0.4) is 0 Å². The van der Waals surface area contributed by atoms with E-state index in [0.29, 0.717) is 30.6 Å². The molecule has 1 aromatic rings. The Morgan fingerprint density at radius 2 is 1.76 bits per heavy atom. The fourth-order valence-electron chi connectivity index (χ4n) is 2.02. The molecule has 0 amide bonds. The van der Waals surface area contributed by atoms with E-state index in [9.17, 15) is 9.59 Å². The van der Waals surface area contributed by atoms with E-state index in [1.54, 1.807) is 25.3 Å². The summed E-state index contributed by atoms with van der Waals surface area (Å²) < 4.78 is 15.3. The zero-order valence-corrected chi connectivity index (χ0v) is 16.1. The van der Waals surface area contributed by atoms with Gasteiger partial charge in [-0.15, -0.1) is 0 Å². The first-order valence-corrected chi connectivity index (χ1v) is 8.99. The molecule has 0 aliphatic heterocycles. The van der Waals surface area contributed by atoms with Gasteiger partial charge in [-0.2, -0.15) is 0 Å². The highest BCUT2D eigenvalue weighted by molar-refractivity contribution is 6.43. The Morgan fingerprint density at radius 3 is 2.48 bits per heavy atom. The second-order valence-electron chi connectivity index (χ2n) is 5.78. The van der Waals surface area contributed by atoms with Crippen molar-refractivity contribution in [2.24, 2.45) is 5.92 Å². The van der Waals surface area contributed by atoms with Gasteiger partial charge in [-0.1, -0.05) is 36.2 Å². The predicted octanol–water partition coefficient (Wildman–Crippen LogP) is 4.68. The van der Waals surface area contributed by atoms with Gasteiger partial charge in [-0.05, 0) is 37.3 Å². The number of hydrogen-bond donors (Lipinski definition) is 0. The highest BCUT2D eigenvalue weighted by atomic mass is 35.5. The van der Waals surface area contributed by atoms with Crippen LogP contribution in [0.4, 0.5) is 0 Å². The van der Waals surface area contributed by atoms with E-state index < -0.39 is 5.97 Å². The number of ether oxygens (including phenoxy) is 3. The molecule has 0 N–H and O–H groups in total. The van der Waals surface area contributed by atoms with E-state index in [1.165, 1.54) is 0 Å². The van der Waals surface area contributed by atoms with E-state index in [0.717, 1.165) is 12.8 Å². The molecule has 1 atom stereocenters. The lowest BCUT2D eigenvalue weighted by molar-refractivity contribution is -0.144. The van der Waals surface area contributed by atoms with Gasteiger partial charge in [0.15, 0.2) is 5.75 Å². The maximum Gasteiger partial charge on any atom is 0.311 e. The van der Waals surface area contributed by atoms with Crippen LogP contribution in [0.1, 0.15) is 39.0 Å². The van der Waals surface area contributed by atoms with Crippen LogP contribution >= 0.6 is 23.2 Å². The molecule has 0 radical (unpaired) electrons. The average molecular weight is 391 g/mol. The Hall–Kier alpha value is -1.30.